The number of hydrogen-bond donors (Lipinski definition) is 4. The summed E-state index contributed by atoms with van der Waals surface area (Å²) in [6.07, 6.45) is 4.16. The van der Waals surface area contributed by atoms with Gasteiger partial charge in [0.25, 0.3) is 0 Å². The maximum Gasteiger partial charge on any atom is 0.421 e. The van der Waals surface area contributed by atoms with E-state index in [0.717, 1.165) is 57.0 Å². The molecular weight excluding hydrogens is 436 g/mol. The van der Waals surface area contributed by atoms with E-state index in [2.05, 4.69) is 55.2 Å². The molecule has 0 aliphatic carbocycles. The number of fused-ring (bicyclic) bond motifs is 1. The summed E-state index contributed by atoms with van der Waals surface area (Å²) in [5, 5.41) is 14.6. The Morgan fingerprint density at radius 3 is 3.07 bits per heavy atom. The smallest absolute Gasteiger partial charge is 0.421 e. The van der Waals surface area contributed by atoms with Gasteiger partial charge in [0.2, 0.25) is 0 Å². The third-order valence-electron chi connectivity index (χ3n) is 5.25. The van der Waals surface area contributed by atoms with Crippen molar-refractivity contribution in [2.45, 2.75) is 25.8 Å². The van der Waals surface area contributed by atoms with Crippen LogP contribution >= 0.6 is 15.9 Å². The highest BCUT2D eigenvalue weighted by Gasteiger charge is 2.29. The molecule has 1 fully saturated rings. The number of nitrogens with one attached hydrogen (secondary N) is 2. The van der Waals surface area contributed by atoms with Crippen LogP contribution in [0.3, 0.4) is 0 Å². The molecule has 8 nitrogen and oxygen atoms in total. The minimum atomic E-state index is -1.11. The molecule has 1 saturated heterocycles. The lowest BCUT2D eigenvalue weighted by molar-refractivity contribution is 0.119. The van der Waals surface area contributed by atoms with Gasteiger partial charge in [-0.3, -0.25) is 0 Å². The van der Waals surface area contributed by atoms with Crippen molar-refractivity contribution in [3.05, 3.63) is 46.7 Å². The fourth-order valence-electron chi connectivity index (χ4n) is 3.88. The number of piperidine rings is 1. The zero-order valence-corrected chi connectivity index (χ0v) is 17.6. The van der Waals surface area contributed by atoms with E-state index in [1.54, 1.807) is 6.20 Å². The first-order valence-electron chi connectivity index (χ1n) is 9.45. The fourth-order valence-corrected chi connectivity index (χ4v) is 4.43. The van der Waals surface area contributed by atoms with Crippen LogP contribution in [0.15, 0.2) is 41.1 Å². The minimum Gasteiger partial charge on any atom is -0.464 e. The van der Waals surface area contributed by atoms with E-state index in [4.69, 9.17) is 5.84 Å². The number of carbonyl (C=O) groups is 1. The van der Waals surface area contributed by atoms with Crippen molar-refractivity contribution in [3.8, 4) is 0 Å². The second-order valence-electron chi connectivity index (χ2n) is 7.31. The molecule has 4 rings (SSSR count). The average molecular weight is 459 g/mol. The van der Waals surface area contributed by atoms with E-state index in [1.807, 2.05) is 18.3 Å². The molecule has 0 saturated carbocycles. The van der Waals surface area contributed by atoms with Crippen LogP contribution in [0.5, 0.6) is 0 Å². The maximum atomic E-state index is 11.3. The molecule has 0 unspecified atom stereocenters. The lowest BCUT2D eigenvalue weighted by Gasteiger charge is -2.38. The number of aromatic nitrogens is 2. The van der Waals surface area contributed by atoms with E-state index >= 15 is 0 Å². The highest BCUT2D eigenvalue weighted by molar-refractivity contribution is 9.10. The van der Waals surface area contributed by atoms with Gasteiger partial charge < -0.3 is 20.3 Å². The van der Waals surface area contributed by atoms with Gasteiger partial charge in [-0.2, -0.15) is 0 Å². The number of H-pyrrole nitrogens is 1. The standard InChI is InChI=1S/C20H23BrN6O2/c1-12-4-2-5-13(8-12)25-16-10-24-19-17(16)18(15(21)9-23-19)26-7-3-6-14(11-26)27(22)20(28)29/h2,4-5,8-10,14,25H,3,6-7,11,22H2,1H3,(H,23,24)(H,28,29)/t14-/m1/s1. The second-order valence-corrected chi connectivity index (χ2v) is 8.16. The Morgan fingerprint density at radius 1 is 1.48 bits per heavy atom. The van der Waals surface area contributed by atoms with Crippen molar-refractivity contribution in [2.75, 3.05) is 23.3 Å². The van der Waals surface area contributed by atoms with Gasteiger partial charge in [-0.25, -0.2) is 20.6 Å². The second kappa shape index (κ2) is 7.92. The lowest BCUT2D eigenvalue weighted by Crippen LogP contribution is -2.53. The number of anilines is 3. The third-order valence-corrected chi connectivity index (χ3v) is 5.83. The number of nitrogens with zero attached hydrogens (tertiary/aromatic N) is 3. The number of aryl methyl sites for hydroxylation is 1. The number of hydrazine groups is 1. The zero-order chi connectivity index (χ0) is 20.5. The molecule has 5 N–H and O–H groups in total. The normalized spacial score (nSPS) is 16.8. The van der Waals surface area contributed by atoms with Crippen LogP contribution in [0.4, 0.5) is 21.9 Å². The van der Waals surface area contributed by atoms with Crippen molar-refractivity contribution in [3.63, 3.8) is 0 Å². The molecule has 152 valence electrons. The molecule has 0 bridgehead atoms. The van der Waals surface area contributed by atoms with Crippen molar-refractivity contribution < 1.29 is 9.90 Å². The molecule has 1 amide bonds. The Hall–Kier alpha value is -2.78. The molecule has 0 spiro atoms. The number of carboxylic acid groups (broad SMARTS) is 1. The molecule has 1 aromatic carbocycles. The van der Waals surface area contributed by atoms with Crippen molar-refractivity contribution >= 4 is 50.1 Å². The van der Waals surface area contributed by atoms with Gasteiger partial charge in [0.15, 0.2) is 0 Å². The number of pyridine rings is 1. The van der Waals surface area contributed by atoms with Gasteiger partial charge in [-0.1, -0.05) is 12.1 Å². The monoisotopic (exact) mass is 458 g/mol. The minimum absolute atomic E-state index is 0.261. The number of nitrogens with two attached hydrogens (primary N) is 1. The predicted octanol–water partition coefficient (Wildman–Crippen LogP) is 4.20. The molecule has 0 radical (unpaired) electrons. The van der Waals surface area contributed by atoms with Gasteiger partial charge >= 0.3 is 6.09 Å². The Morgan fingerprint density at radius 2 is 2.31 bits per heavy atom. The predicted molar refractivity (Wildman–Crippen MR) is 118 cm³/mol. The van der Waals surface area contributed by atoms with E-state index in [9.17, 15) is 9.90 Å². The summed E-state index contributed by atoms with van der Waals surface area (Å²) in [5.41, 5.74) is 4.83. The molecular formula is C20H23BrN6O2. The van der Waals surface area contributed by atoms with Crippen molar-refractivity contribution in [1.82, 2.24) is 15.0 Å². The van der Waals surface area contributed by atoms with E-state index in [-0.39, 0.29) is 6.04 Å². The van der Waals surface area contributed by atoms with Crippen LogP contribution in [0.2, 0.25) is 0 Å². The van der Waals surface area contributed by atoms with Crippen LogP contribution in [-0.2, 0) is 0 Å². The zero-order valence-electron chi connectivity index (χ0n) is 16.0. The van der Waals surface area contributed by atoms with Gasteiger partial charge in [0, 0.05) is 31.2 Å². The first-order valence-corrected chi connectivity index (χ1v) is 10.2. The molecule has 29 heavy (non-hydrogen) atoms. The highest BCUT2D eigenvalue weighted by Crippen LogP contribution is 2.40. The number of amides is 1. The van der Waals surface area contributed by atoms with Crippen LogP contribution in [0, 0.1) is 6.92 Å². The number of rotatable bonds is 4. The average Bonchev–Trinajstić information content (AvgIpc) is 3.10. The first kappa shape index (κ1) is 19.5. The topological polar surface area (TPSA) is 111 Å². The summed E-state index contributed by atoms with van der Waals surface area (Å²) in [7, 11) is 0. The molecule has 1 aliphatic rings. The van der Waals surface area contributed by atoms with Gasteiger partial charge in [-0.05, 0) is 53.4 Å². The van der Waals surface area contributed by atoms with E-state index in [1.165, 1.54) is 5.56 Å². The van der Waals surface area contributed by atoms with E-state index in [0.29, 0.717) is 6.54 Å². The number of hydrogen-bond acceptors (Lipinski definition) is 5. The highest BCUT2D eigenvalue weighted by atomic mass is 79.9. The molecule has 2 aromatic heterocycles. The summed E-state index contributed by atoms with van der Waals surface area (Å²) in [4.78, 5) is 21.2. The van der Waals surface area contributed by atoms with Crippen LogP contribution in [0.25, 0.3) is 11.0 Å². The van der Waals surface area contributed by atoms with Crippen LogP contribution < -0.4 is 16.1 Å². The van der Waals surface area contributed by atoms with E-state index < -0.39 is 6.09 Å². The third kappa shape index (κ3) is 3.88. The van der Waals surface area contributed by atoms with Gasteiger partial charge in [-0.15, -0.1) is 0 Å². The Bertz CT molecular complexity index is 1050. The van der Waals surface area contributed by atoms with Gasteiger partial charge in [0.1, 0.15) is 5.65 Å². The molecule has 1 aliphatic heterocycles. The molecule has 3 aromatic rings. The van der Waals surface area contributed by atoms with Crippen molar-refractivity contribution in [1.29, 1.82) is 0 Å². The summed E-state index contributed by atoms with van der Waals surface area (Å²) >= 11 is 3.65. The van der Waals surface area contributed by atoms with Crippen LogP contribution in [-0.4, -0.2) is 45.3 Å². The lowest BCUT2D eigenvalue weighted by atomic mass is 10.0. The molecule has 3 heterocycles. The quantitative estimate of drug-likeness (QED) is 0.265. The summed E-state index contributed by atoms with van der Waals surface area (Å²) in [6.45, 7) is 3.39. The number of aromatic amines is 1. The maximum absolute atomic E-state index is 11.3. The summed E-state index contributed by atoms with van der Waals surface area (Å²) in [6, 6.07) is 7.91. The first-order chi connectivity index (χ1) is 13.9. The summed E-state index contributed by atoms with van der Waals surface area (Å²) in [5.74, 6) is 5.77. The molecule has 9 heteroatoms. The summed E-state index contributed by atoms with van der Waals surface area (Å²) < 4.78 is 0.858. The number of halogens is 1. The fraction of sp³-hybridized carbons (Fsp3) is 0.300. The Balaban J connectivity index is 1.73. The largest absolute Gasteiger partial charge is 0.464 e. The Labute approximate surface area is 176 Å². The SMILES string of the molecule is Cc1cccc(Nc2c[nH]c3ncc(Br)c(N4CCC[C@@H](N(N)C(=O)O)C4)c23)c1. The molecule has 1 atom stereocenters. The Kier molecular flexibility index (Phi) is 5.33. The van der Waals surface area contributed by atoms with Crippen LogP contribution in [0.1, 0.15) is 18.4 Å². The van der Waals surface area contributed by atoms with Gasteiger partial charge in [0.05, 0.1) is 27.3 Å². The van der Waals surface area contributed by atoms with Crippen molar-refractivity contribution in [2.24, 2.45) is 5.84 Å². The number of benzene rings is 1.